The molecule has 1 aromatic heterocycles. The SMILES string of the molecule is CCCCOc1ccc(Nc2nc(Nc3ccc(OC(C)C)cc3)ncc2C(F)(F)F)cc1. The zero-order valence-electron chi connectivity index (χ0n) is 18.7. The lowest BCUT2D eigenvalue weighted by atomic mass is 10.2. The first kappa shape index (κ1) is 24.2. The molecular weight excluding hydrogens is 433 g/mol. The Morgan fingerprint density at radius 1 is 0.909 bits per heavy atom. The van der Waals surface area contributed by atoms with E-state index in [0.717, 1.165) is 19.0 Å². The molecular formula is C24H27F3N4O2. The van der Waals surface area contributed by atoms with Gasteiger partial charge in [-0.1, -0.05) is 13.3 Å². The topological polar surface area (TPSA) is 68.3 Å². The highest BCUT2D eigenvalue weighted by Crippen LogP contribution is 2.35. The molecule has 3 aromatic rings. The van der Waals surface area contributed by atoms with E-state index in [2.05, 4.69) is 27.5 Å². The summed E-state index contributed by atoms with van der Waals surface area (Å²) in [7, 11) is 0. The van der Waals surface area contributed by atoms with E-state index in [1.165, 1.54) is 0 Å². The molecule has 6 nitrogen and oxygen atoms in total. The maximum atomic E-state index is 13.5. The van der Waals surface area contributed by atoms with E-state index in [1.54, 1.807) is 48.5 Å². The van der Waals surface area contributed by atoms with E-state index in [-0.39, 0.29) is 17.9 Å². The fourth-order valence-electron chi connectivity index (χ4n) is 2.87. The van der Waals surface area contributed by atoms with Crippen molar-refractivity contribution in [2.24, 2.45) is 0 Å². The van der Waals surface area contributed by atoms with Crippen molar-refractivity contribution in [3.63, 3.8) is 0 Å². The first-order valence-corrected chi connectivity index (χ1v) is 10.7. The molecule has 0 unspecified atom stereocenters. The van der Waals surface area contributed by atoms with E-state index in [9.17, 15) is 13.2 Å². The Morgan fingerprint density at radius 2 is 1.52 bits per heavy atom. The molecule has 0 aliphatic rings. The molecule has 3 rings (SSSR count). The molecule has 0 spiro atoms. The van der Waals surface area contributed by atoms with Crippen molar-refractivity contribution in [2.75, 3.05) is 17.2 Å². The number of nitrogens with one attached hydrogen (secondary N) is 2. The first-order valence-electron chi connectivity index (χ1n) is 10.7. The van der Waals surface area contributed by atoms with Gasteiger partial charge in [-0.25, -0.2) is 4.98 Å². The molecule has 1 heterocycles. The van der Waals surface area contributed by atoms with Crippen LogP contribution in [-0.2, 0) is 6.18 Å². The summed E-state index contributed by atoms with van der Waals surface area (Å²) >= 11 is 0. The molecule has 0 atom stereocenters. The summed E-state index contributed by atoms with van der Waals surface area (Å²) in [4.78, 5) is 7.90. The monoisotopic (exact) mass is 460 g/mol. The van der Waals surface area contributed by atoms with E-state index in [0.29, 0.717) is 29.5 Å². The van der Waals surface area contributed by atoms with Crippen LogP contribution in [0.1, 0.15) is 39.2 Å². The number of hydrogen-bond acceptors (Lipinski definition) is 6. The summed E-state index contributed by atoms with van der Waals surface area (Å²) in [6, 6.07) is 13.7. The van der Waals surface area contributed by atoms with Gasteiger partial charge in [0.25, 0.3) is 0 Å². The average molecular weight is 461 g/mol. The molecule has 0 aliphatic carbocycles. The van der Waals surface area contributed by atoms with Crippen LogP contribution < -0.4 is 20.1 Å². The third kappa shape index (κ3) is 7.27. The van der Waals surface area contributed by atoms with Crippen LogP contribution in [0.25, 0.3) is 0 Å². The van der Waals surface area contributed by atoms with Gasteiger partial charge in [-0.05, 0) is 68.8 Å². The molecule has 2 aromatic carbocycles. The predicted octanol–water partition coefficient (Wildman–Crippen LogP) is 6.95. The lowest BCUT2D eigenvalue weighted by molar-refractivity contribution is -0.137. The summed E-state index contributed by atoms with van der Waals surface area (Å²) in [5.74, 6) is 1.02. The van der Waals surface area contributed by atoms with Gasteiger partial charge in [-0.2, -0.15) is 18.2 Å². The summed E-state index contributed by atoms with van der Waals surface area (Å²) in [6.07, 6.45) is -1.87. The number of anilines is 4. The Hall–Kier alpha value is -3.49. The highest BCUT2D eigenvalue weighted by molar-refractivity contribution is 5.63. The van der Waals surface area contributed by atoms with E-state index in [4.69, 9.17) is 9.47 Å². The Morgan fingerprint density at radius 3 is 2.09 bits per heavy atom. The number of halogens is 3. The van der Waals surface area contributed by atoms with Gasteiger partial charge in [0.1, 0.15) is 22.9 Å². The zero-order chi connectivity index (χ0) is 23.8. The number of rotatable bonds is 10. The maximum absolute atomic E-state index is 13.5. The van der Waals surface area contributed by atoms with Crippen molar-refractivity contribution in [1.82, 2.24) is 9.97 Å². The maximum Gasteiger partial charge on any atom is 0.421 e. The van der Waals surface area contributed by atoms with Crippen molar-refractivity contribution >= 4 is 23.1 Å². The minimum atomic E-state index is -4.61. The van der Waals surface area contributed by atoms with Crippen molar-refractivity contribution < 1.29 is 22.6 Å². The van der Waals surface area contributed by atoms with Crippen molar-refractivity contribution in [2.45, 2.75) is 45.9 Å². The van der Waals surface area contributed by atoms with Gasteiger partial charge in [0, 0.05) is 17.6 Å². The Labute approximate surface area is 191 Å². The second-order valence-corrected chi connectivity index (χ2v) is 7.62. The van der Waals surface area contributed by atoms with Gasteiger partial charge in [0.2, 0.25) is 5.95 Å². The van der Waals surface area contributed by atoms with E-state index < -0.39 is 11.7 Å². The van der Waals surface area contributed by atoms with Crippen LogP contribution in [-0.4, -0.2) is 22.7 Å². The fraction of sp³-hybridized carbons (Fsp3) is 0.333. The van der Waals surface area contributed by atoms with Crippen molar-refractivity contribution in [1.29, 1.82) is 0 Å². The highest BCUT2D eigenvalue weighted by atomic mass is 19.4. The molecule has 33 heavy (non-hydrogen) atoms. The second-order valence-electron chi connectivity index (χ2n) is 7.62. The minimum absolute atomic E-state index is 0.0301. The number of nitrogens with zero attached hydrogens (tertiary/aromatic N) is 2. The number of hydrogen-bond donors (Lipinski definition) is 2. The second kappa shape index (κ2) is 10.9. The lowest BCUT2D eigenvalue weighted by Gasteiger charge is -2.15. The highest BCUT2D eigenvalue weighted by Gasteiger charge is 2.35. The molecule has 9 heteroatoms. The summed E-state index contributed by atoms with van der Waals surface area (Å²) in [5, 5.41) is 5.67. The molecule has 0 fully saturated rings. The third-order valence-corrected chi connectivity index (χ3v) is 4.46. The Kier molecular flexibility index (Phi) is 7.97. The minimum Gasteiger partial charge on any atom is -0.494 e. The molecule has 0 saturated heterocycles. The molecule has 0 saturated carbocycles. The third-order valence-electron chi connectivity index (χ3n) is 4.46. The Bertz CT molecular complexity index is 1020. The summed E-state index contributed by atoms with van der Waals surface area (Å²) in [5.41, 5.74) is 0.102. The molecule has 2 N–H and O–H groups in total. The van der Waals surface area contributed by atoms with E-state index in [1.807, 2.05) is 13.8 Å². The van der Waals surface area contributed by atoms with Crippen LogP contribution in [0.3, 0.4) is 0 Å². The van der Waals surface area contributed by atoms with Crippen LogP contribution in [0, 0.1) is 0 Å². The quantitative estimate of drug-likeness (QED) is 0.319. The van der Waals surface area contributed by atoms with Crippen LogP contribution in [0.4, 0.5) is 36.3 Å². The summed E-state index contributed by atoms with van der Waals surface area (Å²) < 4.78 is 51.7. The lowest BCUT2D eigenvalue weighted by Crippen LogP contribution is -2.12. The molecule has 0 aliphatic heterocycles. The average Bonchev–Trinajstić information content (AvgIpc) is 2.75. The van der Waals surface area contributed by atoms with Gasteiger partial charge in [-0.15, -0.1) is 0 Å². The van der Waals surface area contributed by atoms with Crippen LogP contribution in [0.5, 0.6) is 11.5 Å². The number of benzene rings is 2. The molecule has 0 amide bonds. The summed E-state index contributed by atoms with van der Waals surface area (Å²) in [6.45, 7) is 6.50. The van der Waals surface area contributed by atoms with Crippen molar-refractivity contribution in [3.05, 3.63) is 60.3 Å². The van der Waals surface area contributed by atoms with E-state index >= 15 is 0 Å². The van der Waals surface area contributed by atoms with Crippen molar-refractivity contribution in [3.8, 4) is 11.5 Å². The Balaban J connectivity index is 1.77. The molecule has 176 valence electrons. The first-order chi connectivity index (χ1) is 15.7. The van der Waals surface area contributed by atoms with Gasteiger partial charge in [-0.3, -0.25) is 0 Å². The largest absolute Gasteiger partial charge is 0.494 e. The number of ether oxygens (including phenoxy) is 2. The van der Waals surface area contributed by atoms with Gasteiger partial charge >= 0.3 is 6.18 Å². The molecule has 0 radical (unpaired) electrons. The van der Waals surface area contributed by atoms with Gasteiger partial charge < -0.3 is 20.1 Å². The smallest absolute Gasteiger partial charge is 0.421 e. The number of unbranched alkanes of at least 4 members (excludes halogenated alkanes) is 1. The number of alkyl halides is 3. The molecule has 0 bridgehead atoms. The fourth-order valence-corrected chi connectivity index (χ4v) is 2.87. The zero-order valence-corrected chi connectivity index (χ0v) is 18.7. The van der Waals surface area contributed by atoms with Crippen LogP contribution in [0.2, 0.25) is 0 Å². The van der Waals surface area contributed by atoms with Crippen LogP contribution in [0.15, 0.2) is 54.7 Å². The van der Waals surface area contributed by atoms with Gasteiger partial charge in [0.15, 0.2) is 0 Å². The van der Waals surface area contributed by atoms with Crippen LogP contribution >= 0.6 is 0 Å². The predicted molar refractivity (Wildman–Crippen MR) is 123 cm³/mol. The standard InChI is InChI=1S/C24H27F3N4O2/c1-4-5-14-32-19-10-6-17(7-11-19)29-22-21(24(25,26)27)15-28-23(31-22)30-18-8-12-20(13-9-18)33-16(2)3/h6-13,15-16H,4-5,14H2,1-3H3,(H2,28,29,30,31). The van der Waals surface area contributed by atoms with Gasteiger partial charge in [0.05, 0.1) is 12.7 Å². The number of aromatic nitrogens is 2. The normalized spacial score (nSPS) is 11.4.